The smallest absolute Gasteiger partial charge is 0.480 e. The minimum absolute atomic E-state index is 0.227. The third kappa shape index (κ3) is 2.93. The minimum Gasteiger partial charge on any atom is -0.480 e. The highest BCUT2D eigenvalue weighted by atomic mass is 16.5. The lowest BCUT2D eigenvalue weighted by Gasteiger charge is -2.19. The number of hydrogen-bond donors (Lipinski definition) is 3. The van der Waals surface area contributed by atoms with Gasteiger partial charge in [0.2, 0.25) is 0 Å². The van der Waals surface area contributed by atoms with Crippen LogP contribution in [0.4, 0.5) is 0 Å². The number of amides is 1. The van der Waals surface area contributed by atoms with E-state index in [1.165, 1.54) is 0 Å². The monoisotopic (exact) mass is 291 g/mol. The SMILES string of the molecule is Cc1c(C(=O)NC(C(=O)O)C(C)C)ccc2c1B(O)OC2. The van der Waals surface area contributed by atoms with E-state index in [0.717, 1.165) is 5.56 Å². The van der Waals surface area contributed by atoms with Crippen LogP contribution in [0.15, 0.2) is 12.1 Å². The normalized spacial score (nSPS) is 15.0. The van der Waals surface area contributed by atoms with Crippen molar-refractivity contribution in [3.63, 3.8) is 0 Å². The predicted molar refractivity (Wildman–Crippen MR) is 77.3 cm³/mol. The number of aliphatic carboxylic acids is 1. The summed E-state index contributed by atoms with van der Waals surface area (Å²) in [6, 6.07) is 2.40. The Labute approximate surface area is 123 Å². The van der Waals surface area contributed by atoms with Gasteiger partial charge in [-0.15, -0.1) is 0 Å². The van der Waals surface area contributed by atoms with E-state index in [1.54, 1.807) is 32.9 Å². The molecule has 1 heterocycles. The lowest BCUT2D eigenvalue weighted by molar-refractivity contribution is -0.140. The molecule has 0 bridgehead atoms. The summed E-state index contributed by atoms with van der Waals surface area (Å²) in [5.41, 5.74) is 2.40. The number of nitrogens with one attached hydrogen (secondary N) is 1. The Bertz CT molecular complexity index is 587. The fraction of sp³-hybridized carbons (Fsp3) is 0.429. The first-order valence-electron chi connectivity index (χ1n) is 6.78. The van der Waals surface area contributed by atoms with Crippen molar-refractivity contribution in [3.05, 3.63) is 28.8 Å². The Hall–Kier alpha value is -1.86. The fourth-order valence-electron chi connectivity index (χ4n) is 2.48. The van der Waals surface area contributed by atoms with Crippen LogP contribution in [0.2, 0.25) is 0 Å². The molecule has 0 aliphatic carbocycles. The second-order valence-corrected chi connectivity index (χ2v) is 5.51. The van der Waals surface area contributed by atoms with Gasteiger partial charge in [-0.2, -0.15) is 0 Å². The van der Waals surface area contributed by atoms with Crippen LogP contribution in [0.3, 0.4) is 0 Å². The Balaban J connectivity index is 2.29. The molecule has 1 aliphatic heterocycles. The quantitative estimate of drug-likeness (QED) is 0.681. The van der Waals surface area contributed by atoms with Gasteiger partial charge in [-0.1, -0.05) is 19.9 Å². The lowest BCUT2D eigenvalue weighted by atomic mass is 9.75. The van der Waals surface area contributed by atoms with Crippen LogP contribution < -0.4 is 10.8 Å². The Morgan fingerprint density at radius 1 is 1.38 bits per heavy atom. The van der Waals surface area contributed by atoms with Crippen LogP contribution in [0, 0.1) is 12.8 Å². The molecular formula is C14H18BNO5. The second-order valence-electron chi connectivity index (χ2n) is 5.51. The molecule has 0 saturated heterocycles. The summed E-state index contributed by atoms with van der Waals surface area (Å²) in [6.07, 6.45) is 0. The molecule has 7 heteroatoms. The first-order chi connectivity index (χ1) is 9.82. The molecule has 6 nitrogen and oxygen atoms in total. The minimum atomic E-state index is -1.07. The van der Waals surface area contributed by atoms with Crippen molar-refractivity contribution in [1.29, 1.82) is 0 Å². The summed E-state index contributed by atoms with van der Waals surface area (Å²) in [4.78, 5) is 23.5. The van der Waals surface area contributed by atoms with E-state index >= 15 is 0 Å². The number of carboxylic acid groups (broad SMARTS) is 1. The molecule has 0 radical (unpaired) electrons. The van der Waals surface area contributed by atoms with Gasteiger partial charge in [0.15, 0.2) is 0 Å². The molecule has 2 rings (SSSR count). The number of fused-ring (bicyclic) bond motifs is 1. The zero-order chi connectivity index (χ0) is 15.7. The number of rotatable bonds is 4. The maximum absolute atomic E-state index is 12.3. The first kappa shape index (κ1) is 15.5. The molecule has 112 valence electrons. The van der Waals surface area contributed by atoms with Crippen LogP contribution in [-0.2, 0) is 16.1 Å². The molecule has 1 aromatic carbocycles. The highest BCUT2D eigenvalue weighted by molar-refractivity contribution is 6.62. The van der Waals surface area contributed by atoms with Crippen molar-refractivity contribution in [1.82, 2.24) is 5.32 Å². The molecule has 21 heavy (non-hydrogen) atoms. The van der Waals surface area contributed by atoms with Gasteiger partial charge in [0.05, 0.1) is 6.61 Å². The molecular weight excluding hydrogens is 273 g/mol. The van der Waals surface area contributed by atoms with Gasteiger partial charge in [0.25, 0.3) is 5.91 Å². The van der Waals surface area contributed by atoms with E-state index in [2.05, 4.69) is 5.32 Å². The summed E-state index contributed by atoms with van der Waals surface area (Å²) < 4.78 is 5.13. The Morgan fingerprint density at radius 3 is 2.62 bits per heavy atom. The van der Waals surface area contributed by atoms with E-state index in [4.69, 9.17) is 9.76 Å². The second kappa shape index (κ2) is 5.87. The molecule has 3 N–H and O–H groups in total. The largest absolute Gasteiger partial charge is 0.492 e. The van der Waals surface area contributed by atoms with Gasteiger partial charge in [-0.25, -0.2) is 4.79 Å². The molecule has 1 aliphatic rings. The molecule has 0 fully saturated rings. The van der Waals surface area contributed by atoms with E-state index < -0.39 is 25.0 Å². The van der Waals surface area contributed by atoms with Crippen LogP contribution in [0.25, 0.3) is 0 Å². The summed E-state index contributed by atoms with van der Waals surface area (Å²) in [5, 5.41) is 21.4. The third-order valence-electron chi connectivity index (χ3n) is 3.71. The number of carbonyl (C=O) groups is 2. The van der Waals surface area contributed by atoms with E-state index in [9.17, 15) is 14.6 Å². The molecule has 0 saturated carbocycles. The standard InChI is InChI=1S/C14H18BNO5/c1-7(2)12(14(18)19)16-13(17)10-5-4-9-6-21-15(20)11(9)8(10)3/h4-5,7,12,20H,6H2,1-3H3,(H,16,17)(H,18,19). The van der Waals surface area contributed by atoms with Gasteiger partial charge >= 0.3 is 13.1 Å². The lowest BCUT2D eigenvalue weighted by Crippen LogP contribution is -2.45. The molecule has 0 spiro atoms. The number of hydrogen-bond acceptors (Lipinski definition) is 4. The molecule has 1 unspecified atom stereocenters. The van der Waals surface area contributed by atoms with Gasteiger partial charge in [-0.05, 0) is 35.5 Å². The number of carbonyl (C=O) groups excluding carboxylic acids is 1. The highest BCUT2D eigenvalue weighted by Gasteiger charge is 2.32. The Kier molecular flexibility index (Phi) is 4.34. The number of carboxylic acids is 1. The summed E-state index contributed by atoms with van der Waals surface area (Å²) in [5.74, 6) is -1.76. The topological polar surface area (TPSA) is 95.9 Å². The van der Waals surface area contributed by atoms with E-state index in [1.807, 2.05) is 0 Å². The zero-order valence-electron chi connectivity index (χ0n) is 12.2. The van der Waals surface area contributed by atoms with Gasteiger partial charge in [0.1, 0.15) is 6.04 Å². The average Bonchev–Trinajstić information content (AvgIpc) is 2.77. The summed E-state index contributed by atoms with van der Waals surface area (Å²) in [6.45, 7) is 5.48. The van der Waals surface area contributed by atoms with Crippen molar-refractivity contribution in [2.45, 2.75) is 33.4 Å². The third-order valence-corrected chi connectivity index (χ3v) is 3.71. The van der Waals surface area contributed by atoms with Gasteiger partial charge in [0, 0.05) is 5.56 Å². The Morgan fingerprint density at radius 2 is 2.05 bits per heavy atom. The maximum atomic E-state index is 12.3. The fourth-order valence-corrected chi connectivity index (χ4v) is 2.48. The van der Waals surface area contributed by atoms with Gasteiger partial charge < -0.3 is 20.1 Å². The van der Waals surface area contributed by atoms with Crippen molar-refractivity contribution < 1.29 is 24.4 Å². The first-order valence-corrected chi connectivity index (χ1v) is 6.78. The van der Waals surface area contributed by atoms with Crippen molar-refractivity contribution in [2.24, 2.45) is 5.92 Å². The van der Waals surface area contributed by atoms with Crippen LogP contribution in [0.5, 0.6) is 0 Å². The van der Waals surface area contributed by atoms with E-state index in [0.29, 0.717) is 23.2 Å². The zero-order valence-corrected chi connectivity index (χ0v) is 12.2. The van der Waals surface area contributed by atoms with E-state index in [-0.39, 0.29) is 5.92 Å². The van der Waals surface area contributed by atoms with Crippen molar-refractivity contribution in [3.8, 4) is 0 Å². The summed E-state index contributed by atoms with van der Waals surface area (Å²) >= 11 is 0. The molecule has 1 aromatic rings. The van der Waals surface area contributed by atoms with Crippen LogP contribution >= 0.6 is 0 Å². The molecule has 1 amide bonds. The van der Waals surface area contributed by atoms with Crippen LogP contribution in [-0.4, -0.2) is 35.2 Å². The van der Waals surface area contributed by atoms with Crippen molar-refractivity contribution >= 4 is 24.5 Å². The van der Waals surface area contributed by atoms with Crippen LogP contribution in [0.1, 0.15) is 35.3 Å². The van der Waals surface area contributed by atoms with Crippen molar-refractivity contribution in [2.75, 3.05) is 0 Å². The highest BCUT2D eigenvalue weighted by Crippen LogP contribution is 2.16. The van der Waals surface area contributed by atoms with Gasteiger partial charge in [-0.3, -0.25) is 4.79 Å². The molecule has 1 atom stereocenters. The predicted octanol–water partition coefficient (Wildman–Crippen LogP) is 0.0517. The molecule has 0 aromatic heterocycles. The average molecular weight is 291 g/mol. The number of benzene rings is 1. The summed E-state index contributed by atoms with van der Waals surface area (Å²) in [7, 11) is -1.03. The maximum Gasteiger partial charge on any atom is 0.492 e.